The number of rotatable bonds is 3. The third-order valence-corrected chi connectivity index (χ3v) is 2.61. The number of carbonyl (C=O) groups is 1. The molecule has 0 radical (unpaired) electrons. The Labute approximate surface area is 95.2 Å². The van der Waals surface area contributed by atoms with Gasteiger partial charge < -0.3 is 5.32 Å². The highest BCUT2D eigenvalue weighted by Crippen LogP contribution is 2.16. The summed E-state index contributed by atoms with van der Waals surface area (Å²) in [7, 11) is 0. The standard InChI is InChI=1S/C10H10F3NOS/c1-16-8-4-2-7(3-5-8)6-14-9(15)10(11,12)13/h2-5H,6H2,1H3,(H,14,15). The van der Waals surface area contributed by atoms with Crippen LogP contribution in [0.25, 0.3) is 0 Å². The van der Waals surface area contributed by atoms with E-state index in [9.17, 15) is 18.0 Å². The quantitative estimate of drug-likeness (QED) is 0.834. The summed E-state index contributed by atoms with van der Waals surface area (Å²) in [4.78, 5) is 11.5. The maximum Gasteiger partial charge on any atom is 0.471 e. The fourth-order valence-corrected chi connectivity index (χ4v) is 1.43. The third kappa shape index (κ3) is 3.77. The second-order valence-corrected chi connectivity index (χ2v) is 3.91. The molecule has 6 heteroatoms. The summed E-state index contributed by atoms with van der Waals surface area (Å²) in [6.07, 6.45) is -2.92. The van der Waals surface area contributed by atoms with Crippen molar-refractivity contribution < 1.29 is 18.0 Å². The first-order valence-electron chi connectivity index (χ1n) is 4.41. The molecule has 0 bridgehead atoms. The van der Waals surface area contributed by atoms with Gasteiger partial charge in [0.1, 0.15) is 0 Å². The van der Waals surface area contributed by atoms with Crippen molar-refractivity contribution in [3.63, 3.8) is 0 Å². The Morgan fingerprint density at radius 1 is 1.31 bits per heavy atom. The summed E-state index contributed by atoms with van der Waals surface area (Å²) in [5.74, 6) is -1.92. The molecular weight excluding hydrogens is 239 g/mol. The van der Waals surface area contributed by atoms with E-state index in [0.29, 0.717) is 5.56 Å². The highest BCUT2D eigenvalue weighted by atomic mass is 32.2. The lowest BCUT2D eigenvalue weighted by molar-refractivity contribution is -0.173. The molecule has 0 atom stereocenters. The summed E-state index contributed by atoms with van der Waals surface area (Å²) in [6, 6.07) is 6.95. The molecule has 1 aromatic rings. The molecule has 1 aromatic carbocycles. The van der Waals surface area contributed by atoms with Crippen LogP contribution in [0.1, 0.15) is 5.56 Å². The van der Waals surface area contributed by atoms with Gasteiger partial charge in [0.05, 0.1) is 0 Å². The number of nitrogens with one attached hydrogen (secondary N) is 1. The number of amides is 1. The summed E-state index contributed by atoms with van der Waals surface area (Å²) in [6.45, 7) is -0.118. The number of thioether (sulfide) groups is 1. The van der Waals surface area contributed by atoms with Gasteiger partial charge in [0.25, 0.3) is 0 Å². The van der Waals surface area contributed by atoms with Gasteiger partial charge in [-0.05, 0) is 24.0 Å². The van der Waals surface area contributed by atoms with Gasteiger partial charge in [-0.2, -0.15) is 13.2 Å². The van der Waals surface area contributed by atoms with Crippen molar-refractivity contribution in [1.82, 2.24) is 5.32 Å². The first-order valence-corrected chi connectivity index (χ1v) is 5.64. The number of alkyl halides is 3. The Hall–Kier alpha value is -1.17. The van der Waals surface area contributed by atoms with E-state index in [1.165, 1.54) is 11.8 Å². The summed E-state index contributed by atoms with van der Waals surface area (Å²) in [5, 5.41) is 1.81. The van der Waals surface area contributed by atoms with Crippen LogP contribution in [0.3, 0.4) is 0 Å². The second-order valence-electron chi connectivity index (χ2n) is 3.03. The molecule has 1 N–H and O–H groups in total. The van der Waals surface area contributed by atoms with E-state index in [1.807, 2.05) is 6.26 Å². The minimum absolute atomic E-state index is 0.118. The van der Waals surface area contributed by atoms with E-state index in [4.69, 9.17) is 0 Å². The highest BCUT2D eigenvalue weighted by Gasteiger charge is 2.38. The molecule has 1 amide bonds. The summed E-state index contributed by atoms with van der Waals surface area (Å²) < 4.78 is 35.6. The maximum absolute atomic E-state index is 11.9. The molecule has 0 spiro atoms. The predicted molar refractivity (Wildman–Crippen MR) is 56.1 cm³/mol. The van der Waals surface area contributed by atoms with Gasteiger partial charge in [-0.25, -0.2) is 0 Å². The minimum Gasteiger partial charge on any atom is -0.344 e. The lowest BCUT2D eigenvalue weighted by Crippen LogP contribution is -2.36. The van der Waals surface area contributed by atoms with E-state index < -0.39 is 12.1 Å². The molecular formula is C10H10F3NOS. The van der Waals surface area contributed by atoms with Gasteiger partial charge in [0.2, 0.25) is 0 Å². The molecule has 0 aliphatic heterocycles. The molecule has 2 nitrogen and oxygen atoms in total. The van der Waals surface area contributed by atoms with Crippen molar-refractivity contribution in [3.8, 4) is 0 Å². The van der Waals surface area contributed by atoms with Crippen molar-refractivity contribution in [3.05, 3.63) is 29.8 Å². The van der Waals surface area contributed by atoms with Crippen molar-refractivity contribution in [2.45, 2.75) is 17.6 Å². The zero-order valence-corrected chi connectivity index (χ0v) is 9.28. The average Bonchev–Trinajstić information content (AvgIpc) is 2.25. The largest absolute Gasteiger partial charge is 0.471 e. The summed E-state index contributed by atoms with van der Waals surface area (Å²) >= 11 is 1.54. The van der Waals surface area contributed by atoms with Crippen molar-refractivity contribution >= 4 is 17.7 Å². The number of halogens is 3. The Morgan fingerprint density at radius 2 is 1.88 bits per heavy atom. The van der Waals surface area contributed by atoms with E-state index in [1.54, 1.807) is 29.6 Å². The van der Waals surface area contributed by atoms with Gasteiger partial charge in [-0.15, -0.1) is 11.8 Å². The molecule has 0 saturated carbocycles. The number of hydrogen-bond donors (Lipinski definition) is 1. The average molecular weight is 249 g/mol. The molecule has 0 saturated heterocycles. The zero-order chi connectivity index (χ0) is 12.2. The van der Waals surface area contributed by atoms with Crippen molar-refractivity contribution in [2.24, 2.45) is 0 Å². The lowest BCUT2D eigenvalue weighted by Gasteiger charge is -2.08. The van der Waals surface area contributed by atoms with Crippen LogP contribution >= 0.6 is 11.8 Å². The van der Waals surface area contributed by atoms with E-state index in [2.05, 4.69) is 0 Å². The van der Waals surface area contributed by atoms with Crippen LogP contribution in [0.15, 0.2) is 29.2 Å². The molecule has 88 valence electrons. The Balaban J connectivity index is 2.52. The SMILES string of the molecule is CSc1ccc(CNC(=O)C(F)(F)F)cc1. The molecule has 0 aromatic heterocycles. The molecule has 0 fully saturated rings. The van der Waals surface area contributed by atoms with E-state index in [-0.39, 0.29) is 6.54 Å². The van der Waals surface area contributed by atoms with Crippen molar-refractivity contribution in [2.75, 3.05) is 6.26 Å². The minimum atomic E-state index is -4.82. The highest BCUT2D eigenvalue weighted by molar-refractivity contribution is 7.98. The number of carbonyl (C=O) groups excluding carboxylic acids is 1. The van der Waals surface area contributed by atoms with Crippen LogP contribution in [0.2, 0.25) is 0 Å². The van der Waals surface area contributed by atoms with Crippen molar-refractivity contribution in [1.29, 1.82) is 0 Å². The smallest absolute Gasteiger partial charge is 0.344 e. The van der Waals surface area contributed by atoms with Gasteiger partial charge >= 0.3 is 12.1 Å². The molecule has 0 unspecified atom stereocenters. The van der Waals surface area contributed by atoms with Gasteiger partial charge in [-0.1, -0.05) is 12.1 Å². The van der Waals surface area contributed by atoms with Crippen LogP contribution in [0.4, 0.5) is 13.2 Å². The Morgan fingerprint density at radius 3 is 2.31 bits per heavy atom. The topological polar surface area (TPSA) is 29.1 Å². The third-order valence-electron chi connectivity index (χ3n) is 1.87. The number of hydrogen-bond acceptors (Lipinski definition) is 2. The fourth-order valence-electron chi connectivity index (χ4n) is 1.03. The van der Waals surface area contributed by atoms with Crippen LogP contribution in [-0.4, -0.2) is 18.3 Å². The zero-order valence-electron chi connectivity index (χ0n) is 8.47. The van der Waals surface area contributed by atoms with Crippen LogP contribution < -0.4 is 5.32 Å². The molecule has 16 heavy (non-hydrogen) atoms. The molecule has 0 aliphatic carbocycles. The number of benzene rings is 1. The second kappa shape index (κ2) is 5.25. The van der Waals surface area contributed by atoms with Crippen LogP contribution in [0, 0.1) is 0 Å². The van der Waals surface area contributed by atoms with Gasteiger partial charge in [0.15, 0.2) is 0 Å². The molecule has 0 heterocycles. The van der Waals surface area contributed by atoms with E-state index in [0.717, 1.165) is 4.90 Å². The molecule has 1 rings (SSSR count). The Kier molecular flexibility index (Phi) is 4.23. The predicted octanol–water partition coefficient (Wildman–Crippen LogP) is 2.59. The summed E-state index contributed by atoms with van der Waals surface area (Å²) in [5.41, 5.74) is 0.635. The first kappa shape index (κ1) is 12.9. The van der Waals surface area contributed by atoms with Gasteiger partial charge in [-0.3, -0.25) is 4.79 Å². The molecule has 0 aliphatic rings. The fraction of sp³-hybridized carbons (Fsp3) is 0.300. The van der Waals surface area contributed by atoms with Crippen LogP contribution in [-0.2, 0) is 11.3 Å². The van der Waals surface area contributed by atoms with Crippen LogP contribution in [0.5, 0.6) is 0 Å². The first-order chi connectivity index (χ1) is 7.43. The Bertz CT molecular complexity index is 361. The van der Waals surface area contributed by atoms with E-state index >= 15 is 0 Å². The lowest BCUT2D eigenvalue weighted by atomic mass is 10.2. The monoisotopic (exact) mass is 249 g/mol. The van der Waals surface area contributed by atoms with Gasteiger partial charge in [0, 0.05) is 11.4 Å². The normalized spacial score (nSPS) is 11.2. The maximum atomic E-state index is 11.9.